The first-order valence-corrected chi connectivity index (χ1v) is 15.3. The van der Waals surface area contributed by atoms with Crippen molar-refractivity contribution in [3.8, 4) is 0 Å². The van der Waals surface area contributed by atoms with Gasteiger partial charge in [0.05, 0.1) is 12.7 Å². The van der Waals surface area contributed by atoms with Crippen molar-refractivity contribution in [3.05, 3.63) is 93.6 Å². The number of benzene rings is 2. The second-order valence-electron chi connectivity index (χ2n) is 13.1. The average Bonchev–Trinajstić information content (AvgIpc) is 3.30. The summed E-state index contributed by atoms with van der Waals surface area (Å²) >= 11 is 0. The van der Waals surface area contributed by atoms with Crippen LogP contribution in [0.2, 0.25) is 0 Å². The van der Waals surface area contributed by atoms with Crippen LogP contribution in [0.3, 0.4) is 0 Å². The number of ether oxygens (including phenoxy) is 1. The Morgan fingerprint density at radius 2 is 1.69 bits per heavy atom. The average molecular weight is 627 g/mol. The van der Waals surface area contributed by atoms with E-state index in [2.05, 4.69) is 0 Å². The number of carbonyl (C=O) groups is 2. The summed E-state index contributed by atoms with van der Waals surface area (Å²) in [5.41, 5.74) is 0.861. The van der Waals surface area contributed by atoms with Gasteiger partial charge in [0.1, 0.15) is 5.60 Å². The Morgan fingerprint density at radius 1 is 0.978 bits per heavy atom. The van der Waals surface area contributed by atoms with E-state index in [9.17, 15) is 27.9 Å². The lowest BCUT2D eigenvalue weighted by molar-refractivity contribution is -0.362. The van der Waals surface area contributed by atoms with Crippen molar-refractivity contribution in [3.63, 3.8) is 0 Å². The molecular formula is C36H35F5O4. The molecule has 2 unspecified atom stereocenters. The van der Waals surface area contributed by atoms with Gasteiger partial charge in [-0.15, -0.1) is 0 Å². The lowest BCUT2D eigenvalue weighted by Crippen LogP contribution is -2.65. The van der Waals surface area contributed by atoms with Gasteiger partial charge in [-0.05, 0) is 96.4 Å². The molecular weight excluding hydrogens is 591 g/mol. The maximum Gasteiger partial charge on any atom is 0.456 e. The summed E-state index contributed by atoms with van der Waals surface area (Å²) in [6, 6.07) is 14.4. The summed E-state index contributed by atoms with van der Waals surface area (Å²) in [5.74, 6) is -6.98. The summed E-state index contributed by atoms with van der Waals surface area (Å²) in [7, 11) is 1.31. The SMILES string of the molecule is COC(=O)c1cccc(/C=C/c2ccc([C@H]3C[C@@]4(C)C(CC[C@@]4(O)C(F)(F)C(F)(F)F)C4CCC5=CC(=O)CCC5=C43)cc2)c1. The first kappa shape index (κ1) is 31.4. The van der Waals surface area contributed by atoms with Crippen LogP contribution in [0.25, 0.3) is 12.2 Å². The third kappa shape index (κ3) is 4.98. The topological polar surface area (TPSA) is 63.6 Å². The summed E-state index contributed by atoms with van der Waals surface area (Å²) in [5, 5.41) is 11.4. The molecule has 0 amide bonds. The van der Waals surface area contributed by atoms with Crippen LogP contribution in [-0.2, 0) is 9.53 Å². The molecule has 45 heavy (non-hydrogen) atoms. The zero-order valence-corrected chi connectivity index (χ0v) is 25.1. The minimum absolute atomic E-state index is 0.0401. The Bertz CT molecular complexity index is 1620. The molecule has 0 bridgehead atoms. The quantitative estimate of drug-likeness (QED) is 0.206. The van der Waals surface area contributed by atoms with E-state index in [0.717, 1.165) is 33.4 Å². The molecule has 0 aromatic heterocycles. The fourth-order valence-electron chi connectivity index (χ4n) is 8.63. The number of halogens is 5. The molecule has 0 radical (unpaired) electrons. The molecule has 4 aliphatic rings. The summed E-state index contributed by atoms with van der Waals surface area (Å²) in [6.45, 7) is 1.42. The van der Waals surface area contributed by atoms with Gasteiger partial charge in [-0.25, -0.2) is 4.79 Å². The monoisotopic (exact) mass is 626 g/mol. The highest BCUT2D eigenvalue weighted by molar-refractivity contribution is 5.93. The molecule has 0 spiro atoms. The van der Waals surface area contributed by atoms with Gasteiger partial charge < -0.3 is 9.84 Å². The smallest absolute Gasteiger partial charge is 0.456 e. The zero-order valence-electron chi connectivity index (χ0n) is 25.1. The van der Waals surface area contributed by atoms with Gasteiger partial charge in [-0.2, -0.15) is 22.0 Å². The molecule has 9 heteroatoms. The largest absolute Gasteiger partial charge is 0.465 e. The van der Waals surface area contributed by atoms with Crippen LogP contribution in [0.5, 0.6) is 0 Å². The predicted octanol–water partition coefficient (Wildman–Crippen LogP) is 8.47. The van der Waals surface area contributed by atoms with Crippen LogP contribution in [-0.4, -0.2) is 41.7 Å². The molecule has 0 heterocycles. The first-order chi connectivity index (χ1) is 21.2. The van der Waals surface area contributed by atoms with Crippen LogP contribution in [0.15, 0.2) is 71.3 Å². The van der Waals surface area contributed by atoms with Gasteiger partial charge in [0.2, 0.25) is 0 Å². The van der Waals surface area contributed by atoms with Crippen molar-refractivity contribution in [2.75, 3.05) is 7.11 Å². The highest BCUT2D eigenvalue weighted by Gasteiger charge is 2.79. The number of allylic oxidation sites excluding steroid dienone is 4. The highest BCUT2D eigenvalue weighted by atomic mass is 19.4. The molecule has 238 valence electrons. The Balaban J connectivity index is 1.39. The maximum absolute atomic E-state index is 15.2. The van der Waals surface area contributed by atoms with E-state index in [4.69, 9.17) is 4.74 Å². The van der Waals surface area contributed by atoms with Gasteiger partial charge in [-0.3, -0.25) is 4.79 Å². The van der Waals surface area contributed by atoms with E-state index in [1.165, 1.54) is 14.0 Å². The molecule has 2 fully saturated rings. The molecule has 0 aliphatic heterocycles. The number of rotatable bonds is 5. The number of hydrogen-bond acceptors (Lipinski definition) is 4. The molecule has 6 rings (SSSR count). The fourth-order valence-corrected chi connectivity index (χ4v) is 8.63. The number of ketones is 1. The van der Waals surface area contributed by atoms with E-state index in [1.54, 1.807) is 24.3 Å². The van der Waals surface area contributed by atoms with E-state index >= 15 is 8.78 Å². The molecule has 4 aliphatic carbocycles. The normalized spacial score (nSPS) is 30.1. The molecule has 2 saturated carbocycles. The standard InChI is InChI=1S/C36H35F5O4/c1-33-20-29(23-10-8-21(9-11-23)6-7-22-4-3-5-25(18-22)32(43)45-2)31-27-15-13-26(42)19-24(27)12-14-28(31)30(33)16-17-34(33,44)35(37,38)36(39,40)41/h3-11,18-19,28-30,44H,12-17,20H2,1-2H3/b7-6+/t28?,29-,30?,33+,34+/m1/s1. The summed E-state index contributed by atoms with van der Waals surface area (Å²) < 4.78 is 76.6. The highest BCUT2D eigenvalue weighted by Crippen LogP contribution is 2.70. The summed E-state index contributed by atoms with van der Waals surface area (Å²) in [6.07, 6.45) is 0.804. The molecule has 4 nitrogen and oxygen atoms in total. The minimum atomic E-state index is -5.88. The second-order valence-corrected chi connectivity index (χ2v) is 13.1. The second kappa shape index (κ2) is 11.0. The molecule has 5 atom stereocenters. The Hall–Kier alpha value is -3.59. The van der Waals surface area contributed by atoms with Crippen LogP contribution < -0.4 is 0 Å². The zero-order chi connectivity index (χ0) is 32.4. The number of aliphatic hydroxyl groups is 1. The Labute approximate surface area is 258 Å². The molecule has 2 aromatic carbocycles. The van der Waals surface area contributed by atoms with Crippen molar-refractivity contribution in [2.45, 2.75) is 75.5 Å². The predicted molar refractivity (Wildman–Crippen MR) is 159 cm³/mol. The van der Waals surface area contributed by atoms with Gasteiger partial charge >= 0.3 is 18.1 Å². The van der Waals surface area contributed by atoms with E-state index in [-0.39, 0.29) is 24.5 Å². The van der Waals surface area contributed by atoms with E-state index in [0.29, 0.717) is 31.2 Å². The van der Waals surface area contributed by atoms with Gasteiger partial charge in [0.15, 0.2) is 5.78 Å². The molecule has 2 aromatic rings. The van der Waals surface area contributed by atoms with Gasteiger partial charge in [0, 0.05) is 17.8 Å². The van der Waals surface area contributed by atoms with Crippen molar-refractivity contribution < 1.29 is 41.4 Å². The number of hydrogen-bond donors (Lipinski definition) is 1. The number of carbonyl (C=O) groups excluding carboxylic acids is 2. The molecule has 1 N–H and O–H groups in total. The van der Waals surface area contributed by atoms with Crippen molar-refractivity contribution >= 4 is 23.9 Å². The number of esters is 1. The Morgan fingerprint density at radius 3 is 2.38 bits per heavy atom. The fraction of sp³-hybridized carbons (Fsp3) is 0.444. The van der Waals surface area contributed by atoms with Crippen molar-refractivity contribution in [2.24, 2.45) is 17.3 Å². The van der Waals surface area contributed by atoms with Gasteiger partial charge in [0.25, 0.3) is 0 Å². The lowest BCUT2D eigenvalue weighted by Gasteiger charge is -2.56. The minimum Gasteiger partial charge on any atom is -0.465 e. The maximum atomic E-state index is 15.2. The number of methoxy groups -OCH3 is 1. The van der Waals surface area contributed by atoms with Crippen LogP contribution in [0.1, 0.15) is 84.8 Å². The lowest BCUT2D eigenvalue weighted by atomic mass is 9.50. The van der Waals surface area contributed by atoms with Crippen LogP contribution >= 0.6 is 0 Å². The third-order valence-corrected chi connectivity index (χ3v) is 10.9. The summed E-state index contributed by atoms with van der Waals surface area (Å²) in [4.78, 5) is 24.2. The Kier molecular flexibility index (Phi) is 7.70. The molecule has 0 saturated heterocycles. The number of alkyl halides is 5. The van der Waals surface area contributed by atoms with Crippen molar-refractivity contribution in [1.29, 1.82) is 0 Å². The van der Waals surface area contributed by atoms with Crippen LogP contribution in [0.4, 0.5) is 22.0 Å². The van der Waals surface area contributed by atoms with Crippen LogP contribution in [0, 0.1) is 17.3 Å². The van der Waals surface area contributed by atoms with Gasteiger partial charge in [-0.1, -0.05) is 61.0 Å². The number of fused-ring (bicyclic) bond motifs is 4. The third-order valence-electron chi connectivity index (χ3n) is 10.9. The van der Waals surface area contributed by atoms with Crippen molar-refractivity contribution in [1.82, 2.24) is 0 Å². The van der Waals surface area contributed by atoms with E-state index < -0.39 is 47.3 Å². The first-order valence-electron chi connectivity index (χ1n) is 15.3. The van der Waals surface area contributed by atoms with E-state index in [1.807, 2.05) is 42.5 Å².